The maximum Gasteiger partial charge on any atom is 0.244 e. The van der Waals surface area contributed by atoms with Gasteiger partial charge in [-0.2, -0.15) is 0 Å². The summed E-state index contributed by atoms with van der Waals surface area (Å²) in [4.78, 5) is 16.4. The summed E-state index contributed by atoms with van der Waals surface area (Å²) in [6.07, 6.45) is 0. The van der Waals surface area contributed by atoms with Gasteiger partial charge in [0.15, 0.2) is 0 Å². The summed E-state index contributed by atoms with van der Waals surface area (Å²) in [5, 5.41) is 2.91. The second kappa shape index (κ2) is 5.21. The average Bonchev–Trinajstić information content (AvgIpc) is 2.57. The minimum absolute atomic E-state index is 0.100. The molecule has 100 valence electrons. The first kappa shape index (κ1) is 13.1. The second-order valence-electron chi connectivity index (χ2n) is 4.74. The van der Waals surface area contributed by atoms with Crippen molar-refractivity contribution in [1.82, 2.24) is 0 Å². The number of nitrogens with zero attached hydrogens (tertiary/aromatic N) is 1. The molecule has 1 aliphatic rings. The van der Waals surface area contributed by atoms with Gasteiger partial charge in [0, 0.05) is 0 Å². The Morgan fingerprint density at radius 3 is 2.65 bits per heavy atom. The number of aliphatic imine (C=N–C) groups is 1. The quantitative estimate of drug-likeness (QED) is 0.794. The molecule has 0 saturated heterocycles. The summed E-state index contributed by atoms with van der Waals surface area (Å²) in [6.45, 7) is 1.99. The molecule has 0 radical (unpaired) electrons. The second-order valence-corrected chi connectivity index (χ2v) is 5.65. The van der Waals surface area contributed by atoms with Crippen molar-refractivity contribution < 1.29 is 4.79 Å². The normalized spacial score (nSPS) is 17.8. The van der Waals surface area contributed by atoms with Gasteiger partial charge >= 0.3 is 0 Å². The molecule has 1 amide bonds. The molecule has 0 spiro atoms. The fourth-order valence-corrected chi connectivity index (χ4v) is 2.66. The number of hydrogen-bond donors (Lipinski definition) is 1. The van der Waals surface area contributed by atoms with Crippen LogP contribution < -0.4 is 5.32 Å². The number of anilines is 1. The molecule has 2 aromatic rings. The van der Waals surface area contributed by atoms with Crippen molar-refractivity contribution in [2.24, 2.45) is 4.99 Å². The molecule has 20 heavy (non-hydrogen) atoms. The lowest BCUT2D eigenvalue weighted by Gasteiger charge is -2.09. The molecule has 0 aliphatic carbocycles. The molecule has 3 rings (SSSR count). The lowest BCUT2D eigenvalue weighted by molar-refractivity contribution is -0.114. The minimum Gasteiger partial charge on any atom is -0.323 e. The monoisotopic (exact) mass is 328 g/mol. The highest BCUT2D eigenvalue weighted by molar-refractivity contribution is 9.10. The third kappa shape index (κ3) is 2.39. The number of halogens is 1. The van der Waals surface area contributed by atoms with Crippen LogP contribution >= 0.6 is 15.9 Å². The molecule has 1 unspecified atom stereocenters. The van der Waals surface area contributed by atoms with Gasteiger partial charge in [-0.15, -0.1) is 0 Å². The fraction of sp³-hybridized carbons (Fsp3) is 0.125. The predicted octanol–water partition coefficient (Wildman–Crippen LogP) is 3.83. The first-order valence-corrected chi connectivity index (χ1v) is 7.26. The van der Waals surface area contributed by atoms with E-state index in [1.165, 1.54) is 0 Å². The van der Waals surface area contributed by atoms with Crippen LogP contribution in [0.3, 0.4) is 0 Å². The van der Waals surface area contributed by atoms with Crippen molar-refractivity contribution in [3.05, 3.63) is 59.7 Å². The summed E-state index contributed by atoms with van der Waals surface area (Å²) < 4.78 is 0. The number of nitrogens with one attached hydrogen (secondary N) is 1. The van der Waals surface area contributed by atoms with E-state index in [4.69, 9.17) is 0 Å². The van der Waals surface area contributed by atoms with Crippen LogP contribution in [-0.2, 0) is 4.79 Å². The first-order valence-electron chi connectivity index (χ1n) is 6.35. The Morgan fingerprint density at radius 1 is 1.15 bits per heavy atom. The highest BCUT2D eigenvalue weighted by atomic mass is 79.9. The van der Waals surface area contributed by atoms with Crippen molar-refractivity contribution in [1.29, 1.82) is 0 Å². The van der Waals surface area contributed by atoms with Gasteiger partial charge in [-0.05, 0) is 30.2 Å². The van der Waals surface area contributed by atoms with Gasteiger partial charge in [-0.25, -0.2) is 4.99 Å². The molecule has 0 fully saturated rings. The summed E-state index contributed by atoms with van der Waals surface area (Å²) in [5.41, 5.74) is 4.30. The van der Waals surface area contributed by atoms with E-state index in [2.05, 4.69) is 26.2 Å². The molecule has 0 bridgehead atoms. The Labute approximate surface area is 125 Å². The number of benzene rings is 2. The van der Waals surface area contributed by atoms with E-state index in [1.807, 2.05) is 55.5 Å². The summed E-state index contributed by atoms with van der Waals surface area (Å²) in [7, 11) is 0. The predicted molar refractivity (Wildman–Crippen MR) is 85.2 cm³/mol. The standard InChI is InChI=1S/C16H13BrN2O/c1-10-7-8-12-13(9-10)19-16(20)14(17)15(18-12)11-5-3-2-4-6-11/h2-9,14H,1H3,(H,19,20). The van der Waals surface area contributed by atoms with Crippen LogP contribution in [-0.4, -0.2) is 16.4 Å². The van der Waals surface area contributed by atoms with Gasteiger partial charge in [0.1, 0.15) is 4.83 Å². The molecule has 3 nitrogen and oxygen atoms in total. The summed E-state index contributed by atoms with van der Waals surface area (Å²) >= 11 is 3.44. The van der Waals surface area contributed by atoms with Gasteiger partial charge in [-0.1, -0.05) is 52.3 Å². The highest BCUT2D eigenvalue weighted by Gasteiger charge is 2.26. The van der Waals surface area contributed by atoms with Crippen LogP contribution in [0.25, 0.3) is 0 Å². The van der Waals surface area contributed by atoms with E-state index < -0.39 is 4.83 Å². The lowest BCUT2D eigenvalue weighted by Crippen LogP contribution is -2.29. The Balaban J connectivity index is 2.16. The third-order valence-electron chi connectivity index (χ3n) is 3.19. The number of carbonyl (C=O) groups excluding carboxylic acids is 1. The number of fused-ring (bicyclic) bond motifs is 1. The molecule has 1 N–H and O–H groups in total. The van der Waals surface area contributed by atoms with E-state index in [1.54, 1.807) is 0 Å². The molecule has 2 aromatic carbocycles. The van der Waals surface area contributed by atoms with Gasteiger partial charge in [-0.3, -0.25) is 4.79 Å². The zero-order valence-electron chi connectivity index (χ0n) is 10.9. The molecular formula is C16H13BrN2O. The topological polar surface area (TPSA) is 41.5 Å². The maximum absolute atomic E-state index is 12.2. The SMILES string of the molecule is Cc1ccc2c(c1)NC(=O)C(Br)C(c1ccccc1)=N2. The minimum atomic E-state index is -0.461. The first-order chi connectivity index (χ1) is 9.65. The third-order valence-corrected chi connectivity index (χ3v) is 4.04. The van der Waals surface area contributed by atoms with Crippen molar-refractivity contribution in [3.8, 4) is 0 Å². The lowest BCUT2D eigenvalue weighted by atomic mass is 10.1. The van der Waals surface area contributed by atoms with Gasteiger partial charge in [0.2, 0.25) is 5.91 Å². The molecule has 1 atom stereocenters. The summed E-state index contributed by atoms with van der Waals surface area (Å²) in [5.74, 6) is -0.100. The van der Waals surface area contributed by atoms with Crippen LogP contribution in [0, 0.1) is 6.92 Å². The Hall–Kier alpha value is -1.94. The summed E-state index contributed by atoms with van der Waals surface area (Å²) in [6, 6.07) is 15.6. The van der Waals surface area contributed by atoms with Crippen molar-refractivity contribution in [2.45, 2.75) is 11.8 Å². The maximum atomic E-state index is 12.2. The number of hydrogen-bond acceptors (Lipinski definition) is 2. The fourth-order valence-electron chi connectivity index (χ4n) is 2.17. The average molecular weight is 329 g/mol. The highest BCUT2D eigenvalue weighted by Crippen LogP contribution is 2.31. The molecule has 0 saturated carbocycles. The number of carbonyl (C=O) groups is 1. The number of alkyl halides is 1. The largest absolute Gasteiger partial charge is 0.323 e. The van der Waals surface area contributed by atoms with Crippen LogP contribution in [0.5, 0.6) is 0 Å². The van der Waals surface area contributed by atoms with E-state index in [-0.39, 0.29) is 5.91 Å². The number of aryl methyl sites for hydroxylation is 1. The van der Waals surface area contributed by atoms with Crippen LogP contribution in [0.2, 0.25) is 0 Å². The Kier molecular flexibility index (Phi) is 3.40. The molecule has 0 aromatic heterocycles. The smallest absolute Gasteiger partial charge is 0.244 e. The van der Waals surface area contributed by atoms with Gasteiger partial charge < -0.3 is 5.32 Å². The van der Waals surface area contributed by atoms with Gasteiger partial charge in [0.05, 0.1) is 17.1 Å². The Morgan fingerprint density at radius 2 is 1.90 bits per heavy atom. The van der Waals surface area contributed by atoms with Crippen LogP contribution in [0.15, 0.2) is 53.5 Å². The van der Waals surface area contributed by atoms with E-state index in [0.29, 0.717) is 0 Å². The van der Waals surface area contributed by atoms with Crippen molar-refractivity contribution in [3.63, 3.8) is 0 Å². The number of amides is 1. The van der Waals surface area contributed by atoms with Crippen molar-refractivity contribution in [2.75, 3.05) is 5.32 Å². The zero-order valence-corrected chi connectivity index (χ0v) is 12.5. The zero-order chi connectivity index (χ0) is 14.1. The van der Waals surface area contributed by atoms with E-state index >= 15 is 0 Å². The van der Waals surface area contributed by atoms with E-state index in [9.17, 15) is 4.79 Å². The molecule has 1 heterocycles. The van der Waals surface area contributed by atoms with Crippen LogP contribution in [0.1, 0.15) is 11.1 Å². The molecular weight excluding hydrogens is 316 g/mol. The number of rotatable bonds is 1. The Bertz CT molecular complexity index is 695. The van der Waals surface area contributed by atoms with E-state index in [0.717, 1.165) is 28.2 Å². The van der Waals surface area contributed by atoms with Gasteiger partial charge in [0.25, 0.3) is 0 Å². The molecule has 4 heteroatoms. The van der Waals surface area contributed by atoms with Crippen LogP contribution in [0.4, 0.5) is 11.4 Å². The molecule has 1 aliphatic heterocycles. The van der Waals surface area contributed by atoms with Crippen molar-refractivity contribution >= 4 is 38.9 Å².